The average molecular weight is 241 g/mol. The molecule has 0 heterocycles. The topological polar surface area (TPSA) is 29.5 Å². The zero-order chi connectivity index (χ0) is 12.8. The van der Waals surface area contributed by atoms with Gasteiger partial charge < -0.3 is 4.84 Å². The van der Waals surface area contributed by atoms with Crippen molar-refractivity contribution in [3.8, 4) is 5.75 Å². The van der Waals surface area contributed by atoms with Crippen LogP contribution in [0.25, 0.3) is 0 Å². The lowest BCUT2D eigenvalue weighted by Gasteiger charge is -2.21. The third-order valence-electron chi connectivity index (χ3n) is 2.48. The fourth-order valence-electron chi connectivity index (χ4n) is 1.57. The number of amides is 1. The Labute approximate surface area is 107 Å². The van der Waals surface area contributed by atoms with Gasteiger partial charge in [0.05, 0.1) is 6.54 Å². The minimum Gasteiger partial charge on any atom is -0.377 e. The first-order valence-electron chi connectivity index (χ1n) is 5.81. The van der Waals surface area contributed by atoms with Crippen LogP contribution in [0.3, 0.4) is 0 Å². The Kier molecular flexibility index (Phi) is 3.97. The lowest BCUT2D eigenvalue weighted by atomic mass is 10.2. The van der Waals surface area contributed by atoms with Crippen molar-refractivity contribution >= 4 is 5.91 Å². The number of carbonyl (C=O) groups excluding carboxylic acids is 1. The van der Waals surface area contributed by atoms with Crippen LogP contribution in [0.4, 0.5) is 0 Å². The molecule has 18 heavy (non-hydrogen) atoms. The highest BCUT2D eigenvalue weighted by molar-refractivity contribution is 5.72. The van der Waals surface area contributed by atoms with Crippen LogP contribution in [0, 0.1) is 0 Å². The molecule has 1 amide bonds. The van der Waals surface area contributed by atoms with Crippen molar-refractivity contribution < 1.29 is 9.63 Å². The van der Waals surface area contributed by atoms with Gasteiger partial charge in [-0.05, 0) is 17.7 Å². The number of hydrogen-bond donors (Lipinski definition) is 0. The summed E-state index contributed by atoms with van der Waals surface area (Å²) in [6.45, 7) is 1.93. The van der Waals surface area contributed by atoms with E-state index in [1.807, 2.05) is 60.7 Å². The fraction of sp³-hybridized carbons (Fsp3) is 0.133. The average Bonchev–Trinajstić information content (AvgIpc) is 2.40. The smallest absolute Gasteiger partial charge is 0.252 e. The second-order valence-corrected chi connectivity index (χ2v) is 3.95. The summed E-state index contributed by atoms with van der Waals surface area (Å²) in [5, 5.41) is 1.35. The highest BCUT2D eigenvalue weighted by atomic mass is 16.7. The Balaban J connectivity index is 2.08. The summed E-state index contributed by atoms with van der Waals surface area (Å²) < 4.78 is 0. The fourth-order valence-corrected chi connectivity index (χ4v) is 1.57. The number of benzene rings is 2. The monoisotopic (exact) mass is 241 g/mol. The quantitative estimate of drug-likeness (QED) is 0.770. The number of rotatable bonds is 4. The Bertz CT molecular complexity index is 455. The summed E-state index contributed by atoms with van der Waals surface area (Å²) in [6, 6.07) is 19.0. The number of hydrogen-bond acceptors (Lipinski definition) is 2. The van der Waals surface area contributed by atoms with E-state index in [0.29, 0.717) is 12.3 Å². The van der Waals surface area contributed by atoms with Crippen molar-refractivity contribution in [1.29, 1.82) is 0 Å². The highest BCUT2D eigenvalue weighted by Crippen LogP contribution is 2.13. The second kappa shape index (κ2) is 5.87. The number of carbonyl (C=O) groups is 1. The molecule has 0 unspecified atom stereocenters. The Morgan fingerprint density at radius 1 is 1.00 bits per heavy atom. The van der Waals surface area contributed by atoms with Crippen molar-refractivity contribution in [1.82, 2.24) is 5.06 Å². The molecule has 92 valence electrons. The normalized spacial score (nSPS) is 9.83. The van der Waals surface area contributed by atoms with Crippen LogP contribution in [-0.4, -0.2) is 11.0 Å². The summed E-state index contributed by atoms with van der Waals surface area (Å²) in [5.41, 5.74) is 1.03. The van der Waals surface area contributed by atoms with Crippen molar-refractivity contribution in [2.75, 3.05) is 0 Å². The molecule has 2 aromatic carbocycles. The molecule has 0 aliphatic carbocycles. The van der Waals surface area contributed by atoms with Crippen LogP contribution in [0.1, 0.15) is 12.5 Å². The van der Waals surface area contributed by atoms with Gasteiger partial charge in [0.2, 0.25) is 0 Å². The van der Waals surface area contributed by atoms with Crippen LogP contribution in [0.2, 0.25) is 0 Å². The molecule has 0 aliphatic rings. The van der Waals surface area contributed by atoms with Crippen LogP contribution in [0.15, 0.2) is 60.7 Å². The molecule has 0 fully saturated rings. The largest absolute Gasteiger partial charge is 0.377 e. The lowest BCUT2D eigenvalue weighted by Crippen LogP contribution is -2.31. The van der Waals surface area contributed by atoms with E-state index >= 15 is 0 Å². The number of nitrogens with zero attached hydrogens (tertiary/aromatic N) is 1. The van der Waals surface area contributed by atoms with Gasteiger partial charge >= 0.3 is 0 Å². The molecular weight excluding hydrogens is 226 g/mol. The van der Waals surface area contributed by atoms with E-state index in [-0.39, 0.29) is 5.91 Å². The molecule has 0 aliphatic heterocycles. The Morgan fingerprint density at radius 3 is 2.11 bits per heavy atom. The van der Waals surface area contributed by atoms with Crippen LogP contribution < -0.4 is 4.84 Å². The Hall–Kier alpha value is -2.29. The maximum atomic E-state index is 11.6. The molecular formula is C15H15NO2. The first kappa shape index (κ1) is 12.2. The maximum absolute atomic E-state index is 11.6. The molecule has 2 aromatic rings. The van der Waals surface area contributed by atoms with E-state index in [0.717, 1.165) is 5.56 Å². The minimum absolute atomic E-state index is 0.122. The molecule has 0 bridgehead atoms. The van der Waals surface area contributed by atoms with Gasteiger partial charge in [-0.2, -0.15) is 5.06 Å². The van der Waals surface area contributed by atoms with Gasteiger partial charge in [-0.25, -0.2) is 0 Å². The van der Waals surface area contributed by atoms with Crippen molar-refractivity contribution in [3.63, 3.8) is 0 Å². The first-order chi connectivity index (χ1) is 8.75. The first-order valence-corrected chi connectivity index (χ1v) is 5.81. The second-order valence-electron chi connectivity index (χ2n) is 3.95. The standard InChI is InChI=1S/C15H15NO2/c1-13(17)16(12-14-8-4-2-5-9-14)18-15-10-6-3-7-11-15/h2-11H,12H2,1H3. The molecule has 0 radical (unpaired) electrons. The minimum atomic E-state index is -0.122. The summed E-state index contributed by atoms with van der Waals surface area (Å²) >= 11 is 0. The SMILES string of the molecule is CC(=O)N(Cc1ccccc1)Oc1ccccc1. The summed E-state index contributed by atoms with van der Waals surface area (Å²) in [6.07, 6.45) is 0. The number of hydroxylamine groups is 2. The van der Waals surface area contributed by atoms with E-state index in [1.54, 1.807) is 0 Å². The van der Waals surface area contributed by atoms with E-state index in [9.17, 15) is 4.79 Å². The van der Waals surface area contributed by atoms with Gasteiger partial charge in [0.25, 0.3) is 5.91 Å². The third-order valence-corrected chi connectivity index (χ3v) is 2.48. The third kappa shape index (κ3) is 3.35. The molecule has 0 atom stereocenters. The van der Waals surface area contributed by atoms with Gasteiger partial charge in [0.1, 0.15) is 0 Å². The van der Waals surface area contributed by atoms with Gasteiger partial charge in [-0.15, -0.1) is 0 Å². The van der Waals surface area contributed by atoms with Crippen LogP contribution >= 0.6 is 0 Å². The molecule has 0 aromatic heterocycles. The highest BCUT2D eigenvalue weighted by Gasteiger charge is 2.11. The zero-order valence-electron chi connectivity index (χ0n) is 10.2. The molecule has 3 heteroatoms. The van der Waals surface area contributed by atoms with E-state index < -0.39 is 0 Å². The molecule has 0 saturated carbocycles. The van der Waals surface area contributed by atoms with Gasteiger partial charge in [0.15, 0.2) is 5.75 Å². The summed E-state index contributed by atoms with van der Waals surface area (Å²) in [5.74, 6) is 0.534. The predicted octanol–water partition coefficient (Wildman–Crippen LogP) is 3.03. The van der Waals surface area contributed by atoms with Crippen LogP contribution in [0.5, 0.6) is 5.75 Å². The predicted molar refractivity (Wildman–Crippen MR) is 69.7 cm³/mol. The van der Waals surface area contributed by atoms with Crippen molar-refractivity contribution in [2.24, 2.45) is 0 Å². The molecule has 0 saturated heterocycles. The van der Waals surface area contributed by atoms with E-state index in [4.69, 9.17) is 4.84 Å². The van der Waals surface area contributed by atoms with Crippen LogP contribution in [-0.2, 0) is 11.3 Å². The molecule has 0 spiro atoms. The summed E-state index contributed by atoms with van der Waals surface area (Å²) in [7, 11) is 0. The van der Waals surface area contributed by atoms with Crippen molar-refractivity contribution in [3.05, 3.63) is 66.2 Å². The van der Waals surface area contributed by atoms with Gasteiger partial charge in [-0.1, -0.05) is 48.5 Å². The van der Waals surface area contributed by atoms with Gasteiger partial charge in [-0.3, -0.25) is 4.79 Å². The van der Waals surface area contributed by atoms with E-state index in [2.05, 4.69) is 0 Å². The molecule has 2 rings (SSSR count). The zero-order valence-corrected chi connectivity index (χ0v) is 10.2. The molecule has 0 N–H and O–H groups in total. The van der Waals surface area contributed by atoms with E-state index in [1.165, 1.54) is 12.0 Å². The molecule has 3 nitrogen and oxygen atoms in total. The van der Waals surface area contributed by atoms with Crippen molar-refractivity contribution in [2.45, 2.75) is 13.5 Å². The maximum Gasteiger partial charge on any atom is 0.252 e. The Morgan fingerprint density at radius 2 is 1.56 bits per heavy atom. The lowest BCUT2D eigenvalue weighted by molar-refractivity contribution is -0.156. The number of para-hydroxylation sites is 1. The van der Waals surface area contributed by atoms with Gasteiger partial charge in [0, 0.05) is 6.92 Å². The summed E-state index contributed by atoms with van der Waals surface area (Å²) in [4.78, 5) is 17.1.